The van der Waals surface area contributed by atoms with Gasteiger partial charge in [0.05, 0.1) is 0 Å². The Morgan fingerprint density at radius 1 is 1.09 bits per heavy atom. The van der Waals surface area contributed by atoms with Crippen molar-refractivity contribution in [2.24, 2.45) is 5.92 Å². The van der Waals surface area contributed by atoms with Crippen molar-refractivity contribution < 1.29 is 17.9 Å². The summed E-state index contributed by atoms with van der Waals surface area (Å²) >= 11 is 0. The van der Waals surface area contributed by atoms with E-state index in [-0.39, 0.29) is 12.7 Å². The first-order chi connectivity index (χ1) is 11.0. The number of allylic oxidation sites excluding steroid dienone is 1. The van der Waals surface area contributed by atoms with Crippen molar-refractivity contribution >= 4 is 0 Å². The second kappa shape index (κ2) is 8.42. The molecule has 0 atom stereocenters. The molecule has 0 aromatic heterocycles. The average Bonchev–Trinajstić information content (AvgIpc) is 2.52. The maximum Gasteiger partial charge on any atom is 0.409 e. The van der Waals surface area contributed by atoms with Crippen molar-refractivity contribution in [1.82, 2.24) is 0 Å². The molecule has 0 aliphatic heterocycles. The van der Waals surface area contributed by atoms with E-state index in [2.05, 4.69) is 6.92 Å². The fourth-order valence-electron chi connectivity index (χ4n) is 3.36. The van der Waals surface area contributed by atoms with Crippen LogP contribution >= 0.6 is 0 Å². The third kappa shape index (κ3) is 6.28. The fraction of sp³-hybridized carbons (Fsp3) is 0.579. The summed E-state index contributed by atoms with van der Waals surface area (Å²) in [5, 5.41) is 0. The molecule has 0 heterocycles. The molecule has 0 N–H and O–H groups in total. The van der Waals surface area contributed by atoms with Crippen molar-refractivity contribution in [2.75, 3.05) is 6.61 Å². The molecule has 0 bridgehead atoms. The van der Waals surface area contributed by atoms with E-state index in [0.29, 0.717) is 11.7 Å². The van der Waals surface area contributed by atoms with Crippen LogP contribution in [0, 0.1) is 5.92 Å². The summed E-state index contributed by atoms with van der Waals surface area (Å²) in [5.41, 5.74) is 1.32. The van der Waals surface area contributed by atoms with Crippen molar-refractivity contribution in [3.8, 4) is 5.75 Å². The number of hydrogen-bond donors (Lipinski definition) is 0. The summed E-state index contributed by atoms with van der Waals surface area (Å²) in [4.78, 5) is 0. The maximum atomic E-state index is 12.0. The number of alkyl halides is 3. The van der Waals surface area contributed by atoms with E-state index in [1.807, 2.05) is 24.3 Å². The van der Waals surface area contributed by atoms with Crippen LogP contribution in [0.5, 0.6) is 5.75 Å². The molecule has 0 spiro atoms. The van der Waals surface area contributed by atoms with Crippen LogP contribution in [0.1, 0.15) is 56.9 Å². The zero-order valence-corrected chi connectivity index (χ0v) is 13.6. The molecular formula is C19H25F3O. The Hall–Kier alpha value is -1.45. The predicted octanol–water partition coefficient (Wildman–Crippen LogP) is 6.26. The summed E-state index contributed by atoms with van der Waals surface area (Å²) in [6.07, 6.45) is 4.61. The quantitative estimate of drug-likeness (QED) is 0.561. The summed E-state index contributed by atoms with van der Waals surface area (Å²) in [6.45, 7) is 2.18. The number of halogens is 3. The van der Waals surface area contributed by atoms with E-state index in [1.165, 1.54) is 44.1 Å². The lowest BCUT2D eigenvalue weighted by Crippen LogP contribution is -2.13. The first kappa shape index (κ1) is 17.9. The van der Waals surface area contributed by atoms with E-state index < -0.39 is 6.18 Å². The van der Waals surface area contributed by atoms with Crippen molar-refractivity contribution in [1.29, 1.82) is 0 Å². The minimum Gasteiger partial charge on any atom is -0.490 e. The third-order valence-electron chi connectivity index (χ3n) is 4.55. The summed E-state index contributed by atoms with van der Waals surface area (Å²) in [5.74, 6) is 2.11. The van der Waals surface area contributed by atoms with Gasteiger partial charge in [0.1, 0.15) is 12.4 Å². The lowest BCUT2D eigenvalue weighted by Gasteiger charge is -2.28. The topological polar surface area (TPSA) is 9.23 Å². The summed E-state index contributed by atoms with van der Waals surface area (Å²) < 4.78 is 41.2. The molecule has 1 nitrogen and oxygen atoms in total. The van der Waals surface area contributed by atoms with Crippen molar-refractivity contribution in [2.45, 2.75) is 57.5 Å². The second-order valence-electron chi connectivity index (χ2n) is 6.33. The van der Waals surface area contributed by atoms with E-state index in [0.717, 1.165) is 12.0 Å². The lowest BCUT2D eigenvalue weighted by molar-refractivity contribution is -0.0801. The van der Waals surface area contributed by atoms with Gasteiger partial charge in [-0.15, -0.1) is 0 Å². The fourth-order valence-corrected chi connectivity index (χ4v) is 3.36. The molecule has 1 aromatic rings. The molecule has 0 saturated heterocycles. The Bertz CT molecular complexity index is 482. The van der Waals surface area contributed by atoms with Crippen LogP contribution in [0.15, 0.2) is 36.4 Å². The normalized spacial score (nSPS) is 22.4. The Morgan fingerprint density at radius 3 is 2.30 bits per heavy atom. The Kier molecular flexibility index (Phi) is 6.55. The van der Waals surface area contributed by atoms with Crippen LogP contribution in [-0.2, 0) is 0 Å². The van der Waals surface area contributed by atoms with Gasteiger partial charge in [-0.1, -0.05) is 31.9 Å². The van der Waals surface area contributed by atoms with E-state index in [9.17, 15) is 13.2 Å². The first-order valence-electron chi connectivity index (χ1n) is 8.45. The van der Waals surface area contributed by atoms with Gasteiger partial charge in [-0.25, -0.2) is 0 Å². The van der Waals surface area contributed by atoms with Crippen LogP contribution in [-0.4, -0.2) is 12.8 Å². The highest BCUT2D eigenvalue weighted by Gasteiger charge is 2.22. The molecule has 128 valence electrons. The highest BCUT2D eigenvalue weighted by atomic mass is 19.4. The van der Waals surface area contributed by atoms with Crippen molar-refractivity contribution in [3.63, 3.8) is 0 Å². The summed E-state index contributed by atoms with van der Waals surface area (Å²) in [6, 6.07) is 7.81. The first-order valence-corrected chi connectivity index (χ1v) is 8.45. The van der Waals surface area contributed by atoms with Gasteiger partial charge in [0, 0.05) is 6.08 Å². The molecule has 2 rings (SSSR count). The molecule has 0 amide bonds. The number of hydrogen-bond acceptors (Lipinski definition) is 1. The van der Waals surface area contributed by atoms with Gasteiger partial charge in [-0.05, 0) is 61.3 Å². The van der Waals surface area contributed by atoms with Gasteiger partial charge in [0.2, 0.25) is 0 Å². The van der Waals surface area contributed by atoms with Crippen LogP contribution in [0.3, 0.4) is 0 Å². The van der Waals surface area contributed by atoms with Gasteiger partial charge in [0.15, 0.2) is 0 Å². The zero-order valence-electron chi connectivity index (χ0n) is 13.6. The van der Waals surface area contributed by atoms with Crippen LogP contribution in [0.4, 0.5) is 13.2 Å². The minimum atomic E-state index is -4.27. The van der Waals surface area contributed by atoms with Gasteiger partial charge in [-0.2, -0.15) is 13.2 Å². The largest absolute Gasteiger partial charge is 0.490 e. The number of rotatable bonds is 6. The summed E-state index contributed by atoms with van der Waals surface area (Å²) in [7, 11) is 0. The average molecular weight is 326 g/mol. The van der Waals surface area contributed by atoms with E-state index >= 15 is 0 Å². The predicted molar refractivity (Wildman–Crippen MR) is 86.7 cm³/mol. The smallest absolute Gasteiger partial charge is 0.409 e. The van der Waals surface area contributed by atoms with Crippen molar-refractivity contribution in [3.05, 3.63) is 42.0 Å². The minimum absolute atomic E-state index is 0.0685. The Balaban J connectivity index is 1.80. The molecule has 23 heavy (non-hydrogen) atoms. The van der Waals surface area contributed by atoms with Crippen LogP contribution < -0.4 is 4.74 Å². The molecule has 4 heteroatoms. The number of ether oxygens (including phenoxy) is 1. The number of benzene rings is 1. The highest BCUT2D eigenvalue weighted by molar-refractivity contribution is 5.29. The molecule has 1 aromatic carbocycles. The second-order valence-corrected chi connectivity index (χ2v) is 6.33. The molecule has 1 aliphatic carbocycles. The molecule has 1 fully saturated rings. The van der Waals surface area contributed by atoms with Gasteiger partial charge in [0.25, 0.3) is 0 Å². The van der Waals surface area contributed by atoms with Gasteiger partial charge < -0.3 is 4.74 Å². The van der Waals surface area contributed by atoms with Crippen LogP contribution in [0.25, 0.3) is 0 Å². The molecule has 0 radical (unpaired) electrons. The van der Waals surface area contributed by atoms with Gasteiger partial charge in [-0.3, -0.25) is 0 Å². The van der Waals surface area contributed by atoms with E-state index in [4.69, 9.17) is 4.74 Å². The zero-order chi connectivity index (χ0) is 16.7. The molecule has 1 aliphatic rings. The molecule has 0 unspecified atom stereocenters. The maximum absolute atomic E-state index is 12.0. The SMILES string of the molecule is CCCC1CCC(c2ccc(OC/C=C/C(F)(F)F)cc2)CC1. The van der Waals surface area contributed by atoms with E-state index in [1.54, 1.807) is 0 Å². The monoisotopic (exact) mass is 326 g/mol. The third-order valence-corrected chi connectivity index (χ3v) is 4.55. The standard InChI is InChI=1S/C19H25F3O/c1-2-4-15-5-7-16(8-6-15)17-9-11-18(12-10-17)23-14-3-13-19(20,21)22/h3,9-13,15-16H,2,4-8,14H2,1H3/b13-3+. The van der Waals surface area contributed by atoms with Gasteiger partial charge >= 0.3 is 6.18 Å². The van der Waals surface area contributed by atoms with Crippen LogP contribution in [0.2, 0.25) is 0 Å². The highest BCUT2D eigenvalue weighted by Crippen LogP contribution is 2.37. The molecular weight excluding hydrogens is 301 g/mol. The lowest BCUT2D eigenvalue weighted by atomic mass is 9.77. The Labute approximate surface area is 136 Å². The molecule has 1 saturated carbocycles. The Morgan fingerprint density at radius 2 is 1.74 bits per heavy atom.